The Labute approximate surface area is 151 Å². The van der Waals surface area contributed by atoms with Gasteiger partial charge in [-0.3, -0.25) is 0 Å². The molecule has 2 saturated heterocycles. The number of halogens is 1. The highest BCUT2D eigenvalue weighted by molar-refractivity contribution is 5.93. The summed E-state index contributed by atoms with van der Waals surface area (Å²) in [7, 11) is 0. The minimum atomic E-state index is 0. The second kappa shape index (κ2) is 5.61. The number of hydrogen-bond donors (Lipinski definition) is 0. The molecule has 2 aliphatic heterocycles. The summed E-state index contributed by atoms with van der Waals surface area (Å²) in [4.78, 5) is 0. The van der Waals surface area contributed by atoms with E-state index in [9.17, 15) is 0 Å². The van der Waals surface area contributed by atoms with E-state index < -0.39 is 0 Å². The summed E-state index contributed by atoms with van der Waals surface area (Å²) in [6.45, 7) is 8.01. The van der Waals surface area contributed by atoms with Crippen LogP contribution in [0.15, 0.2) is 42.0 Å². The van der Waals surface area contributed by atoms with Gasteiger partial charge in [0.15, 0.2) is 0 Å². The monoisotopic (exact) mass is 339 g/mol. The Bertz CT molecular complexity index is 816. The van der Waals surface area contributed by atoms with Crippen LogP contribution in [0.5, 0.6) is 0 Å². The Morgan fingerprint density at radius 2 is 1.75 bits per heavy atom. The van der Waals surface area contributed by atoms with Crippen molar-refractivity contribution < 1.29 is 16.9 Å². The van der Waals surface area contributed by atoms with Gasteiger partial charge < -0.3 is 16.9 Å². The van der Waals surface area contributed by atoms with E-state index in [-0.39, 0.29) is 12.4 Å². The first-order valence-electron chi connectivity index (χ1n) is 9.24. The van der Waals surface area contributed by atoms with Crippen molar-refractivity contribution in [2.45, 2.75) is 32.6 Å². The normalized spacial score (nSPS) is 27.3. The maximum Gasteiger partial charge on any atom is 0.101 e. The summed E-state index contributed by atoms with van der Waals surface area (Å²) in [6, 6.07) is 13.6. The third-order valence-corrected chi connectivity index (χ3v) is 6.69. The molecule has 3 aliphatic rings. The van der Waals surface area contributed by atoms with Crippen LogP contribution in [-0.2, 0) is 6.42 Å². The van der Waals surface area contributed by atoms with Crippen molar-refractivity contribution in [1.82, 2.24) is 0 Å². The van der Waals surface area contributed by atoms with Gasteiger partial charge in [0, 0.05) is 5.41 Å². The molecule has 1 nitrogen and oxygen atoms in total. The molecule has 1 unspecified atom stereocenters. The van der Waals surface area contributed by atoms with E-state index in [4.69, 9.17) is 0 Å². The van der Waals surface area contributed by atoms with Crippen LogP contribution in [-0.4, -0.2) is 30.7 Å². The van der Waals surface area contributed by atoms with Crippen LogP contribution >= 0.6 is 0 Å². The van der Waals surface area contributed by atoms with Crippen molar-refractivity contribution in [3.05, 3.63) is 53.1 Å². The molecule has 0 N–H and O–H groups in total. The molecule has 1 spiro atoms. The maximum atomic E-state index is 2.57. The molecular formula is C22H26ClN. The fourth-order valence-electron chi connectivity index (χ4n) is 5.60. The van der Waals surface area contributed by atoms with E-state index in [0.29, 0.717) is 5.41 Å². The number of fused-ring (bicyclic) bond motifs is 4. The zero-order valence-corrected chi connectivity index (χ0v) is 15.3. The van der Waals surface area contributed by atoms with Crippen LogP contribution in [0.2, 0.25) is 0 Å². The number of nitrogens with zero attached hydrogens (tertiary/aromatic N) is 1. The first kappa shape index (κ1) is 16.2. The summed E-state index contributed by atoms with van der Waals surface area (Å²) in [6.07, 6.45) is 8.11. The smallest absolute Gasteiger partial charge is 0.101 e. The molecule has 5 rings (SSSR count). The standard InChI is InChI=1S/C22H26N.ClH/c1-22-14-18-10-9-17-7-3-4-8-20(17)21(18)13-19(22)15-23(16-22)11-5-2-6-12-23;/h3-4,7-10,13H,2,5-6,11-12,14-16H2,1H3;1H/q+1;/p-1. The molecule has 2 heterocycles. The van der Waals surface area contributed by atoms with Gasteiger partial charge in [0.25, 0.3) is 0 Å². The molecule has 2 fully saturated rings. The quantitative estimate of drug-likeness (QED) is 0.642. The minimum absolute atomic E-state index is 0. The number of rotatable bonds is 0. The van der Waals surface area contributed by atoms with Crippen molar-refractivity contribution in [2.24, 2.45) is 5.41 Å². The molecule has 1 aliphatic carbocycles. The Hall–Kier alpha value is -1.31. The zero-order chi connectivity index (χ0) is 15.5. The Kier molecular flexibility index (Phi) is 3.78. The fourth-order valence-corrected chi connectivity index (χ4v) is 5.60. The lowest BCUT2D eigenvalue weighted by molar-refractivity contribution is -0.922. The molecule has 0 radical (unpaired) electrons. The first-order valence-corrected chi connectivity index (χ1v) is 9.24. The van der Waals surface area contributed by atoms with Gasteiger partial charge in [-0.25, -0.2) is 0 Å². The van der Waals surface area contributed by atoms with E-state index in [2.05, 4.69) is 49.4 Å². The molecule has 2 heteroatoms. The van der Waals surface area contributed by atoms with Crippen molar-refractivity contribution >= 4 is 16.8 Å². The number of quaternary nitrogens is 1. The predicted molar refractivity (Wildman–Crippen MR) is 97.3 cm³/mol. The zero-order valence-electron chi connectivity index (χ0n) is 14.5. The summed E-state index contributed by atoms with van der Waals surface area (Å²) < 4.78 is 1.37. The van der Waals surface area contributed by atoms with Crippen LogP contribution < -0.4 is 12.4 Å². The summed E-state index contributed by atoms with van der Waals surface area (Å²) in [5.74, 6) is 0. The molecule has 126 valence electrons. The van der Waals surface area contributed by atoms with Gasteiger partial charge >= 0.3 is 0 Å². The molecular weight excluding hydrogens is 314 g/mol. The SMILES string of the molecule is CC12Cc3ccc4ccccc4c3C=C1C[N+]1(CCCCC1)C2.[Cl-]. The Balaban J connectivity index is 0.00000146. The summed E-state index contributed by atoms with van der Waals surface area (Å²) in [5.41, 5.74) is 5.19. The topological polar surface area (TPSA) is 0 Å². The highest BCUT2D eigenvalue weighted by Gasteiger charge is 2.50. The van der Waals surface area contributed by atoms with Crippen molar-refractivity contribution in [3.8, 4) is 0 Å². The van der Waals surface area contributed by atoms with E-state index in [1.165, 1.54) is 72.7 Å². The van der Waals surface area contributed by atoms with E-state index in [0.717, 1.165) is 0 Å². The van der Waals surface area contributed by atoms with E-state index in [1.54, 1.807) is 11.1 Å². The van der Waals surface area contributed by atoms with Crippen molar-refractivity contribution in [1.29, 1.82) is 0 Å². The number of hydrogen-bond acceptors (Lipinski definition) is 0. The summed E-state index contributed by atoms with van der Waals surface area (Å²) in [5, 5.41) is 2.82. The van der Waals surface area contributed by atoms with Crippen molar-refractivity contribution in [2.75, 3.05) is 26.2 Å². The third kappa shape index (κ3) is 2.33. The molecule has 1 atom stereocenters. The van der Waals surface area contributed by atoms with Gasteiger partial charge in [0.1, 0.15) is 6.54 Å². The molecule has 0 saturated carbocycles. The lowest BCUT2D eigenvalue weighted by atomic mass is 9.73. The van der Waals surface area contributed by atoms with Crippen LogP contribution in [0.3, 0.4) is 0 Å². The van der Waals surface area contributed by atoms with E-state index in [1.807, 2.05) is 0 Å². The second-order valence-electron chi connectivity index (χ2n) is 8.43. The third-order valence-electron chi connectivity index (χ3n) is 6.69. The molecule has 2 aromatic rings. The maximum absolute atomic E-state index is 2.57. The largest absolute Gasteiger partial charge is 1.00 e. The molecule has 0 bridgehead atoms. The van der Waals surface area contributed by atoms with Gasteiger partial charge in [-0.2, -0.15) is 0 Å². The predicted octanol–water partition coefficient (Wildman–Crippen LogP) is 1.80. The fraction of sp³-hybridized carbons (Fsp3) is 0.455. The highest BCUT2D eigenvalue weighted by atomic mass is 35.5. The second-order valence-corrected chi connectivity index (χ2v) is 8.43. The molecule has 0 amide bonds. The first-order chi connectivity index (χ1) is 11.2. The molecule has 24 heavy (non-hydrogen) atoms. The van der Waals surface area contributed by atoms with E-state index >= 15 is 0 Å². The number of piperidine rings is 1. The Morgan fingerprint density at radius 3 is 2.58 bits per heavy atom. The van der Waals surface area contributed by atoms with Gasteiger partial charge in [-0.15, -0.1) is 0 Å². The molecule has 0 aromatic heterocycles. The van der Waals surface area contributed by atoms with Crippen LogP contribution in [0.1, 0.15) is 37.3 Å². The average Bonchev–Trinajstić information content (AvgIpc) is 2.83. The van der Waals surface area contributed by atoms with Crippen LogP contribution in [0.25, 0.3) is 16.8 Å². The number of benzene rings is 2. The average molecular weight is 340 g/mol. The van der Waals surface area contributed by atoms with Gasteiger partial charge in [0.05, 0.1) is 19.6 Å². The Morgan fingerprint density at radius 1 is 0.958 bits per heavy atom. The van der Waals surface area contributed by atoms with Crippen molar-refractivity contribution in [3.63, 3.8) is 0 Å². The lowest BCUT2D eigenvalue weighted by Gasteiger charge is -2.39. The van der Waals surface area contributed by atoms with Crippen LogP contribution in [0.4, 0.5) is 0 Å². The van der Waals surface area contributed by atoms with Crippen LogP contribution in [0, 0.1) is 5.41 Å². The minimum Gasteiger partial charge on any atom is -1.00 e. The van der Waals surface area contributed by atoms with Gasteiger partial charge in [-0.05, 0) is 66.2 Å². The van der Waals surface area contributed by atoms with Gasteiger partial charge in [0.2, 0.25) is 0 Å². The van der Waals surface area contributed by atoms with Gasteiger partial charge in [-0.1, -0.05) is 36.4 Å². The summed E-state index contributed by atoms with van der Waals surface area (Å²) >= 11 is 0. The highest BCUT2D eigenvalue weighted by Crippen LogP contribution is 2.48. The lowest BCUT2D eigenvalue weighted by Crippen LogP contribution is -3.00. The molecule has 2 aromatic carbocycles.